The van der Waals surface area contributed by atoms with Gasteiger partial charge in [0.2, 0.25) is 0 Å². The number of fused-ring (bicyclic) bond motifs is 5. The van der Waals surface area contributed by atoms with Crippen molar-refractivity contribution in [2.45, 2.75) is 37.8 Å². The monoisotopic (exact) mass is 523 g/mol. The maximum Gasteiger partial charge on any atom is 0.185 e. The maximum atomic E-state index is 14.7. The Morgan fingerprint density at radius 1 is 0.750 bits per heavy atom. The zero-order chi connectivity index (χ0) is 27.6. The highest BCUT2D eigenvalue weighted by Crippen LogP contribution is 2.61. The molecule has 0 N–H and O–H groups in total. The summed E-state index contributed by atoms with van der Waals surface area (Å²) in [7, 11) is 0. The van der Waals surface area contributed by atoms with Gasteiger partial charge >= 0.3 is 0 Å². The van der Waals surface area contributed by atoms with Crippen LogP contribution in [0.25, 0.3) is 6.08 Å². The van der Waals surface area contributed by atoms with Crippen molar-refractivity contribution >= 4 is 29.1 Å². The first-order valence-corrected chi connectivity index (χ1v) is 13.9. The summed E-state index contributed by atoms with van der Waals surface area (Å²) in [6.07, 6.45) is 3.97. The highest BCUT2D eigenvalue weighted by molar-refractivity contribution is 6.32. The lowest BCUT2D eigenvalue weighted by Crippen LogP contribution is -2.48. The van der Waals surface area contributed by atoms with Gasteiger partial charge in [0.25, 0.3) is 0 Å². The minimum absolute atomic E-state index is 0.0953. The number of rotatable bonds is 4. The minimum atomic E-state index is -1.47. The molecule has 1 saturated heterocycles. The normalized spacial score (nSPS) is 22.0. The van der Waals surface area contributed by atoms with Crippen molar-refractivity contribution in [1.29, 1.82) is 0 Å². The zero-order valence-corrected chi connectivity index (χ0v) is 22.5. The van der Waals surface area contributed by atoms with Crippen LogP contribution < -0.4 is 4.90 Å². The number of anilines is 1. The quantitative estimate of drug-likeness (QED) is 0.211. The van der Waals surface area contributed by atoms with Crippen LogP contribution in [0.3, 0.4) is 0 Å². The molecule has 2 heterocycles. The fraction of sp³-hybridized carbons (Fsp3) is 0.194. The molecule has 4 nitrogen and oxygen atoms in total. The lowest BCUT2D eigenvalue weighted by Gasteiger charge is -2.37. The molecule has 1 aliphatic carbocycles. The van der Waals surface area contributed by atoms with Gasteiger partial charge in [-0.15, -0.1) is 0 Å². The van der Waals surface area contributed by atoms with Crippen LogP contribution in [-0.4, -0.2) is 29.4 Å². The van der Waals surface area contributed by atoms with Crippen molar-refractivity contribution < 1.29 is 14.4 Å². The topological polar surface area (TPSA) is 54.5 Å². The molecule has 0 saturated carbocycles. The third-order valence-corrected chi connectivity index (χ3v) is 9.00. The molecule has 4 aromatic carbocycles. The van der Waals surface area contributed by atoms with E-state index in [0.717, 1.165) is 22.4 Å². The first kappa shape index (κ1) is 24.5. The van der Waals surface area contributed by atoms with Gasteiger partial charge in [0, 0.05) is 28.3 Å². The molecule has 7 rings (SSSR count). The fourth-order valence-electron chi connectivity index (χ4n) is 7.15. The zero-order valence-electron chi connectivity index (χ0n) is 22.5. The van der Waals surface area contributed by atoms with Gasteiger partial charge in [-0.1, -0.05) is 123 Å². The minimum Gasteiger partial charge on any atom is -0.352 e. The van der Waals surface area contributed by atoms with Crippen molar-refractivity contribution in [2.75, 3.05) is 4.90 Å². The second-order valence-corrected chi connectivity index (χ2v) is 11.3. The molecule has 4 aromatic rings. The fourth-order valence-corrected chi connectivity index (χ4v) is 7.15. The van der Waals surface area contributed by atoms with Crippen LogP contribution in [-0.2, 0) is 0 Å². The average Bonchev–Trinajstić information content (AvgIpc) is 3.43. The van der Waals surface area contributed by atoms with Gasteiger partial charge in [-0.25, -0.2) is 0 Å². The number of carbonyl (C=O) groups excluding carboxylic acids is 3. The smallest absolute Gasteiger partial charge is 0.185 e. The number of para-hydroxylation sites is 1. The number of hydrogen-bond donors (Lipinski definition) is 0. The Bertz CT molecular complexity index is 1660. The van der Waals surface area contributed by atoms with E-state index >= 15 is 0 Å². The van der Waals surface area contributed by atoms with Crippen LogP contribution in [0.2, 0.25) is 0 Å². The van der Waals surface area contributed by atoms with Crippen LogP contribution in [0.5, 0.6) is 0 Å². The van der Waals surface area contributed by atoms with Crippen molar-refractivity contribution in [2.24, 2.45) is 5.41 Å². The average molecular weight is 524 g/mol. The van der Waals surface area contributed by atoms with E-state index in [1.807, 2.05) is 78.9 Å². The van der Waals surface area contributed by atoms with Gasteiger partial charge in [0.05, 0.1) is 6.04 Å². The molecule has 2 aliphatic heterocycles. The number of benzene rings is 4. The summed E-state index contributed by atoms with van der Waals surface area (Å²) in [6, 6.07) is 31.1. The molecule has 0 amide bonds. The van der Waals surface area contributed by atoms with Crippen molar-refractivity contribution in [3.8, 4) is 0 Å². The SMILES string of the molecule is CC(C)c1ccc([C@@H]2[C@@H](C(=O)c3ccccc3)N3c4ccccc4C=C[C@@H]3C23C(=O)c2ccccc2C3=O)cc1. The second kappa shape index (κ2) is 8.99. The molecule has 0 aromatic heterocycles. The van der Waals surface area contributed by atoms with E-state index in [2.05, 4.69) is 30.9 Å². The molecule has 4 heteroatoms. The molecule has 3 aliphatic rings. The van der Waals surface area contributed by atoms with E-state index in [4.69, 9.17) is 0 Å². The predicted molar refractivity (Wildman–Crippen MR) is 157 cm³/mol. The van der Waals surface area contributed by atoms with Gasteiger partial charge in [-0.3, -0.25) is 14.4 Å². The molecule has 0 unspecified atom stereocenters. The Hall–Kier alpha value is -4.57. The van der Waals surface area contributed by atoms with Crippen LogP contribution in [0.4, 0.5) is 5.69 Å². The van der Waals surface area contributed by atoms with Gasteiger partial charge in [0.15, 0.2) is 17.3 Å². The molecule has 0 radical (unpaired) electrons. The Morgan fingerprint density at radius 3 is 2.00 bits per heavy atom. The van der Waals surface area contributed by atoms with Crippen LogP contribution in [0.15, 0.2) is 109 Å². The highest BCUT2D eigenvalue weighted by atomic mass is 16.2. The second-order valence-electron chi connectivity index (χ2n) is 11.3. The summed E-state index contributed by atoms with van der Waals surface area (Å²) < 4.78 is 0. The van der Waals surface area contributed by atoms with Crippen LogP contribution in [0.1, 0.15) is 73.4 Å². The summed E-state index contributed by atoms with van der Waals surface area (Å²) in [5.41, 5.74) is 3.79. The summed E-state index contributed by atoms with van der Waals surface area (Å²) in [4.78, 5) is 46.0. The third kappa shape index (κ3) is 3.22. The molecule has 1 fully saturated rings. The van der Waals surface area contributed by atoms with E-state index in [1.165, 1.54) is 0 Å². The summed E-state index contributed by atoms with van der Waals surface area (Å²) >= 11 is 0. The van der Waals surface area contributed by atoms with E-state index in [9.17, 15) is 14.4 Å². The molecule has 1 spiro atoms. The first-order chi connectivity index (χ1) is 19.4. The lowest BCUT2D eigenvalue weighted by molar-refractivity contribution is 0.0666. The van der Waals surface area contributed by atoms with Crippen LogP contribution >= 0.6 is 0 Å². The Labute approximate surface area is 234 Å². The molecule has 0 bridgehead atoms. The summed E-state index contributed by atoms with van der Waals surface area (Å²) in [5.74, 6) is -0.855. The van der Waals surface area contributed by atoms with Crippen molar-refractivity contribution in [3.05, 3.63) is 143 Å². The van der Waals surface area contributed by atoms with Crippen molar-refractivity contribution in [1.82, 2.24) is 0 Å². The first-order valence-electron chi connectivity index (χ1n) is 13.9. The maximum absolute atomic E-state index is 14.7. The summed E-state index contributed by atoms with van der Waals surface area (Å²) in [5, 5.41) is 0. The third-order valence-electron chi connectivity index (χ3n) is 9.00. The van der Waals surface area contributed by atoms with Gasteiger partial charge < -0.3 is 4.90 Å². The number of hydrogen-bond acceptors (Lipinski definition) is 4. The lowest BCUT2D eigenvalue weighted by atomic mass is 9.64. The molecule has 3 atom stereocenters. The Morgan fingerprint density at radius 2 is 1.35 bits per heavy atom. The molecule has 196 valence electrons. The van der Waals surface area contributed by atoms with Gasteiger partial charge in [0.1, 0.15) is 11.5 Å². The van der Waals surface area contributed by atoms with E-state index in [-0.39, 0.29) is 17.3 Å². The number of carbonyl (C=O) groups is 3. The number of ketones is 3. The number of Topliss-reactive ketones (excluding diaryl/α,β-unsaturated/α-hetero) is 3. The predicted octanol–water partition coefficient (Wildman–Crippen LogP) is 7.13. The van der Waals surface area contributed by atoms with Gasteiger partial charge in [-0.05, 0) is 28.7 Å². The Balaban J connectivity index is 1.54. The van der Waals surface area contributed by atoms with Crippen molar-refractivity contribution in [3.63, 3.8) is 0 Å². The Kier molecular flexibility index (Phi) is 5.50. The summed E-state index contributed by atoms with van der Waals surface area (Å²) in [6.45, 7) is 4.27. The van der Waals surface area contributed by atoms with E-state index in [1.54, 1.807) is 24.3 Å². The van der Waals surface area contributed by atoms with E-state index in [0.29, 0.717) is 22.6 Å². The highest BCUT2D eigenvalue weighted by Gasteiger charge is 2.71. The van der Waals surface area contributed by atoms with Gasteiger partial charge in [-0.2, -0.15) is 0 Å². The van der Waals surface area contributed by atoms with E-state index < -0.39 is 23.4 Å². The van der Waals surface area contributed by atoms with Crippen LogP contribution in [0, 0.1) is 5.41 Å². The molecule has 40 heavy (non-hydrogen) atoms. The standard InChI is InChI=1S/C36H29NO3/c1-22(2)23-16-18-25(19-17-23)31-32(33(38)26-11-4-3-5-12-26)37-29-15-9-6-10-24(29)20-21-30(37)36(31)34(39)27-13-7-8-14-28(27)35(36)40/h3-22,30-32H,1-2H3/t30-,31-,32+/m1/s1. The molecular weight excluding hydrogens is 494 g/mol. The molecular formula is C36H29NO3. The largest absolute Gasteiger partial charge is 0.352 e. The number of nitrogens with zero attached hydrogens (tertiary/aromatic N) is 1.